The van der Waals surface area contributed by atoms with Crippen molar-refractivity contribution in [3.8, 4) is 0 Å². The lowest BCUT2D eigenvalue weighted by Gasteiger charge is -2.42. The van der Waals surface area contributed by atoms with Gasteiger partial charge in [0.15, 0.2) is 0 Å². The number of carbonyl (C=O) groups excluding carboxylic acids is 3. The molecule has 0 saturated carbocycles. The topological polar surface area (TPSA) is 82.2 Å². The maximum atomic E-state index is 13.3. The molecule has 2 aliphatic heterocycles. The molecule has 1 aromatic heterocycles. The number of ether oxygens (including phenoxy) is 1. The summed E-state index contributed by atoms with van der Waals surface area (Å²) in [7, 11) is 1.68. The Morgan fingerprint density at radius 3 is 2.42 bits per heavy atom. The normalized spacial score (nSPS) is 20.9. The van der Waals surface area contributed by atoms with Crippen molar-refractivity contribution in [1.29, 1.82) is 0 Å². The van der Waals surface area contributed by atoms with Crippen molar-refractivity contribution in [3.05, 3.63) is 69.1 Å². The number of thiophene rings is 1. The van der Waals surface area contributed by atoms with Crippen LogP contribution in [-0.2, 0) is 14.9 Å². The van der Waals surface area contributed by atoms with E-state index in [1.807, 2.05) is 53.6 Å². The van der Waals surface area contributed by atoms with Gasteiger partial charge in [0, 0.05) is 45.0 Å². The number of hydrogen-bond donors (Lipinski definition) is 1. The van der Waals surface area contributed by atoms with Gasteiger partial charge in [0.25, 0.3) is 5.91 Å². The summed E-state index contributed by atoms with van der Waals surface area (Å²) in [6.45, 7) is 12.8. The fraction of sp³-hybridized carbons (Fsp3) is 0.483. The number of amides is 3. The van der Waals surface area contributed by atoms with Crippen LogP contribution in [0.15, 0.2) is 53.0 Å². The summed E-state index contributed by atoms with van der Waals surface area (Å²) in [5.41, 5.74) is 3.07. The molecule has 2 atom stereocenters. The van der Waals surface area contributed by atoms with E-state index in [2.05, 4.69) is 31.0 Å². The zero-order valence-corrected chi connectivity index (χ0v) is 23.9. The molecule has 1 N–H and O–H groups in total. The van der Waals surface area contributed by atoms with E-state index in [9.17, 15) is 14.4 Å². The number of urea groups is 1. The van der Waals surface area contributed by atoms with Crippen LogP contribution in [0.2, 0.25) is 0 Å². The average Bonchev–Trinajstić information content (AvgIpc) is 3.41. The molecule has 204 valence electrons. The molecular formula is C29H38N4O4S. The van der Waals surface area contributed by atoms with Gasteiger partial charge < -0.3 is 15.0 Å². The van der Waals surface area contributed by atoms with Gasteiger partial charge in [-0.1, -0.05) is 51.1 Å². The van der Waals surface area contributed by atoms with Crippen LogP contribution in [0.4, 0.5) is 4.79 Å². The van der Waals surface area contributed by atoms with Gasteiger partial charge in [0.05, 0.1) is 23.1 Å². The number of carbonyl (C=O) groups is 3. The van der Waals surface area contributed by atoms with Crippen LogP contribution in [0.25, 0.3) is 0 Å². The first kappa shape index (κ1) is 27.9. The standard InChI is InChI=1S/C29H38N4O4S/c1-7-37-27(35)24-22(18-32-14-15-33(19(2)17-32)26(34)23-9-8-16-38-23)31(6)28(36)30-25(24)20-10-12-21(13-11-20)29(3,4)5/h8-13,16,19,25H,7,14-15,17-18H2,1-6H3,(H,30,36)/t19-,25+/m0/s1. The number of rotatable bonds is 6. The third-order valence-corrected chi connectivity index (χ3v) is 8.12. The molecule has 1 fully saturated rings. The minimum atomic E-state index is -0.610. The maximum absolute atomic E-state index is 13.3. The van der Waals surface area contributed by atoms with Gasteiger partial charge in [-0.2, -0.15) is 0 Å². The number of nitrogens with one attached hydrogen (secondary N) is 1. The highest BCUT2D eigenvalue weighted by Crippen LogP contribution is 2.33. The first-order chi connectivity index (χ1) is 18.0. The molecule has 0 unspecified atom stereocenters. The minimum Gasteiger partial charge on any atom is -0.463 e. The summed E-state index contributed by atoms with van der Waals surface area (Å²) in [5.74, 6) is -0.384. The lowest BCUT2D eigenvalue weighted by atomic mass is 9.85. The molecule has 38 heavy (non-hydrogen) atoms. The van der Waals surface area contributed by atoms with E-state index in [1.54, 1.807) is 14.0 Å². The summed E-state index contributed by atoms with van der Waals surface area (Å²) < 4.78 is 5.48. The number of hydrogen-bond acceptors (Lipinski definition) is 6. The zero-order chi connectivity index (χ0) is 27.6. The molecule has 9 heteroatoms. The van der Waals surface area contributed by atoms with Crippen LogP contribution in [0.3, 0.4) is 0 Å². The quantitative estimate of drug-likeness (QED) is 0.551. The molecule has 3 amide bonds. The molecule has 0 radical (unpaired) electrons. The second-order valence-corrected chi connectivity index (χ2v) is 11.9. The average molecular weight is 539 g/mol. The number of piperazine rings is 1. The Balaban J connectivity index is 1.62. The van der Waals surface area contributed by atoms with Crippen LogP contribution in [0.1, 0.15) is 61.5 Å². The zero-order valence-electron chi connectivity index (χ0n) is 23.1. The molecule has 2 aromatic rings. The lowest BCUT2D eigenvalue weighted by Crippen LogP contribution is -2.56. The first-order valence-electron chi connectivity index (χ1n) is 13.1. The molecule has 2 aliphatic rings. The Morgan fingerprint density at radius 2 is 1.84 bits per heavy atom. The Bertz CT molecular complexity index is 1200. The van der Waals surface area contributed by atoms with E-state index in [0.29, 0.717) is 37.4 Å². The summed E-state index contributed by atoms with van der Waals surface area (Å²) in [6, 6.07) is 10.9. The van der Waals surface area contributed by atoms with Crippen LogP contribution < -0.4 is 5.32 Å². The van der Waals surface area contributed by atoms with Crippen LogP contribution in [-0.4, -0.2) is 78.5 Å². The van der Waals surface area contributed by atoms with Crippen LogP contribution in [0.5, 0.6) is 0 Å². The van der Waals surface area contributed by atoms with E-state index in [-0.39, 0.29) is 30.0 Å². The van der Waals surface area contributed by atoms with E-state index in [0.717, 1.165) is 10.4 Å². The van der Waals surface area contributed by atoms with Crippen molar-refractivity contribution in [2.75, 3.05) is 39.8 Å². The Morgan fingerprint density at radius 1 is 1.13 bits per heavy atom. The molecule has 3 heterocycles. The summed E-state index contributed by atoms with van der Waals surface area (Å²) in [5, 5.41) is 4.91. The largest absolute Gasteiger partial charge is 0.463 e. The Kier molecular flexibility index (Phi) is 8.28. The van der Waals surface area contributed by atoms with Crippen molar-refractivity contribution in [3.63, 3.8) is 0 Å². The minimum absolute atomic E-state index is 0.00606. The molecule has 1 saturated heterocycles. The highest BCUT2D eigenvalue weighted by molar-refractivity contribution is 7.12. The van der Waals surface area contributed by atoms with Crippen molar-refractivity contribution in [2.24, 2.45) is 0 Å². The second-order valence-electron chi connectivity index (χ2n) is 11.0. The van der Waals surface area contributed by atoms with Crippen molar-refractivity contribution in [2.45, 2.75) is 52.1 Å². The van der Waals surface area contributed by atoms with E-state index in [4.69, 9.17) is 4.74 Å². The van der Waals surface area contributed by atoms with Crippen LogP contribution >= 0.6 is 11.3 Å². The van der Waals surface area contributed by atoms with Gasteiger partial charge in [-0.05, 0) is 41.8 Å². The molecule has 0 spiro atoms. The van der Waals surface area contributed by atoms with Gasteiger partial charge in [-0.15, -0.1) is 11.3 Å². The van der Waals surface area contributed by atoms with Gasteiger partial charge in [-0.25, -0.2) is 9.59 Å². The fourth-order valence-electron chi connectivity index (χ4n) is 5.06. The summed E-state index contributed by atoms with van der Waals surface area (Å²) in [4.78, 5) is 45.7. The highest BCUT2D eigenvalue weighted by atomic mass is 32.1. The number of nitrogens with zero attached hydrogens (tertiary/aromatic N) is 3. The molecule has 4 rings (SSSR count). The highest BCUT2D eigenvalue weighted by Gasteiger charge is 2.38. The molecule has 0 bridgehead atoms. The number of likely N-dealkylation sites (N-methyl/N-ethyl adjacent to an activating group) is 1. The third-order valence-electron chi connectivity index (χ3n) is 7.26. The lowest BCUT2D eigenvalue weighted by molar-refractivity contribution is -0.139. The molecule has 8 nitrogen and oxygen atoms in total. The predicted molar refractivity (Wildman–Crippen MR) is 149 cm³/mol. The number of benzene rings is 1. The van der Waals surface area contributed by atoms with Crippen molar-refractivity contribution < 1.29 is 19.1 Å². The van der Waals surface area contributed by atoms with Gasteiger partial charge in [-0.3, -0.25) is 14.6 Å². The SMILES string of the molecule is CCOC(=O)C1=C(CN2CCN(C(=O)c3cccs3)[C@@H](C)C2)N(C)C(=O)N[C@@H]1c1ccc(C(C)(C)C)cc1. The van der Waals surface area contributed by atoms with Crippen LogP contribution in [0, 0.1) is 0 Å². The third kappa shape index (κ3) is 5.78. The monoisotopic (exact) mass is 538 g/mol. The summed E-state index contributed by atoms with van der Waals surface area (Å²) in [6.07, 6.45) is 0. The number of esters is 1. The van der Waals surface area contributed by atoms with E-state index >= 15 is 0 Å². The molecule has 1 aromatic carbocycles. The van der Waals surface area contributed by atoms with Gasteiger partial charge in [0.2, 0.25) is 0 Å². The smallest absolute Gasteiger partial charge is 0.338 e. The van der Waals surface area contributed by atoms with Gasteiger partial charge >= 0.3 is 12.0 Å². The fourth-order valence-corrected chi connectivity index (χ4v) is 5.73. The van der Waals surface area contributed by atoms with Crippen molar-refractivity contribution in [1.82, 2.24) is 20.0 Å². The van der Waals surface area contributed by atoms with E-state index in [1.165, 1.54) is 21.8 Å². The molecule has 0 aliphatic carbocycles. The van der Waals surface area contributed by atoms with Crippen molar-refractivity contribution >= 4 is 29.2 Å². The van der Waals surface area contributed by atoms with E-state index < -0.39 is 12.0 Å². The first-order valence-corrected chi connectivity index (χ1v) is 14.0. The predicted octanol–water partition coefficient (Wildman–Crippen LogP) is 4.41. The maximum Gasteiger partial charge on any atom is 0.338 e. The molecular weight excluding hydrogens is 500 g/mol. The van der Waals surface area contributed by atoms with Gasteiger partial charge in [0.1, 0.15) is 0 Å². The second kappa shape index (κ2) is 11.3. The Hall–Kier alpha value is -3.17. The summed E-state index contributed by atoms with van der Waals surface area (Å²) >= 11 is 1.45. The Labute approximate surface area is 229 Å².